The van der Waals surface area contributed by atoms with E-state index >= 15 is 0 Å². The Hall–Kier alpha value is -2.04. The van der Waals surface area contributed by atoms with Gasteiger partial charge in [0.25, 0.3) is 0 Å². The number of aliphatic hydroxyl groups is 1. The van der Waals surface area contributed by atoms with Crippen molar-refractivity contribution in [3.8, 4) is 11.5 Å². The van der Waals surface area contributed by atoms with Crippen LogP contribution >= 0.6 is 0 Å². The van der Waals surface area contributed by atoms with Crippen molar-refractivity contribution in [2.24, 2.45) is 0 Å². The first kappa shape index (κ1) is 17.8. The molecular formula is C21H27NO3. The predicted molar refractivity (Wildman–Crippen MR) is 99.1 cm³/mol. The Kier molecular flexibility index (Phi) is 5.95. The van der Waals surface area contributed by atoms with Gasteiger partial charge >= 0.3 is 0 Å². The van der Waals surface area contributed by atoms with E-state index in [9.17, 15) is 5.11 Å². The van der Waals surface area contributed by atoms with E-state index in [1.165, 1.54) is 24.0 Å². The summed E-state index contributed by atoms with van der Waals surface area (Å²) in [6, 6.07) is 16.6. The summed E-state index contributed by atoms with van der Waals surface area (Å²) in [5.41, 5.74) is 2.58. The maximum atomic E-state index is 10.4. The second-order valence-corrected chi connectivity index (χ2v) is 6.79. The molecule has 2 aromatic rings. The molecule has 0 saturated heterocycles. The lowest BCUT2D eigenvalue weighted by Gasteiger charge is -2.25. The number of hydrogen-bond donors (Lipinski definition) is 1. The Bertz CT molecular complexity index is 667. The molecule has 4 heteroatoms. The van der Waals surface area contributed by atoms with Crippen molar-refractivity contribution in [2.45, 2.75) is 38.5 Å². The highest BCUT2D eigenvalue weighted by Crippen LogP contribution is 2.28. The van der Waals surface area contributed by atoms with Crippen molar-refractivity contribution < 1.29 is 14.6 Å². The quantitative estimate of drug-likeness (QED) is 0.759. The molecule has 1 aliphatic carbocycles. The van der Waals surface area contributed by atoms with E-state index in [2.05, 4.69) is 36.1 Å². The summed E-state index contributed by atoms with van der Waals surface area (Å²) < 4.78 is 10.8. The first-order chi connectivity index (χ1) is 12.1. The molecule has 0 heterocycles. The van der Waals surface area contributed by atoms with E-state index in [1.54, 1.807) is 7.11 Å². The zero-order valence-electron chi connectivity index (χ0n) is 15.0. The van der Waals surface area contributed by atoms with Crippen LogP contribution in [0.3, 0.4) is 0 Å². The van der Waals surface area contributed by atoms with Crippen molar-refractivity contribution in [1.82, 2.24) is 4.90 Å². The monoisotopic (exact) mass is 341 g/mol. The molecule has 1 atom stereocenters. The average molecular weight is 341 g/mol. The Morgan fingerprint density at radius 3 is 2.48 bits per heavy atom. The van der Waals surface area contributed by atoms with Gasteiger partial charge in [-0.05, 0) is 49.6 Å². The normalized spacial score (nSPS) is 15.2. The van der Waals surface area contributed by atoms with E-state index in [0.717, 1.165) is 18.0 Å². The minimum atomic E-state index is -0.507. The minimum Gasteiger partial charge on any atom is -0.497 e. The number of aryl methyl sites for hydroxylation is 1. The third-order valence-electron chi connectivity index (χ3n) is 4.48. The van der Waals surface area contributed by atoms with Gasteiger partial charge in [0, 0.05) is 19.1 Å². The summed E-state index contributed by atoms with van der Waals surface area (Å²) in [5, 5.41) is 10.4. The van der Waals surface area contributed by atoms with Gasteiger partial charge in [0.2, 0.25) is 0 Å². The van der Waals surface area contributed by atoms with Crippen LogP contribution in [-0.2, 0) is 6.54 Å². The fourth-order valence-electron chi connectivity index (χ4n) is 3.02. The second kappa shape index (κ2) is 8.37. The third kappa shape index (κ3) is 5.48. The first-order valence-corrected chi connectivity index (χ1v) is 8.88. The highest BCUT2D eigenvalue weighted by Gasteiger charge is 2.30. The summed E-state index contributed by atoms with van der Waals surface area (Å²) in [7, 11) is 1.64. The van der Waals surface area contributed by atoms with Crippen molar-refractivity contribution in [3.63, 3.8) is 0 Å². The smallest absolute Gasteiger partial charge is 0.119 e. The SMILES string of the molecule is COc1ccc(OC[C@@H](O)CN(Cc2cccc(C)c2)C2CC2)cc1. The molecule has 134 valence electrons. The van der Waals surface area contributed by atoms with Gasteiger partial charge in [-0.25, -0.2) is 0 Å². The molecule has 3 rings (SSSR count). The van der Waals surface area contributed by atoms with E-state index in [1.807, 2.05) is 24.3 Å². The molecule has 0 bridgehead atoms. The van der Waals surface area contributed by atoms with E-state index in [4.69, 9.17) is 9.47 Å². The molecule has 1 fully saturated rings. The molecule has 25 heavy (non-hydrogen) atoms. The number of aliphatic hydroxyl groups excluding tert-OH is 1. The number of benzene rings is 2. The van der Waals surface area contributed by atoms with Crippen LogP contribution in [0.4, 0.5) is 0 Å². The predicted octanol–water partition coefficient (Wildman–Crippen LogP) is 3.41. The molecule has 1 saturated carbocycles. The largest absolute Gasteiger partial charge is 0.497 e. The summed E-state index contributed by atoms with van der Waals surface area (Å²) in [6.45, 7) is 3.92. The van der Waals surface area contributed by atoms with E-state index in [0.29, 0.717) is 19.2 Å². The molecule has 0 aliphatic heterocycles. The molecule has 0 spiro atoms. The zero-order chi connectivity index (χ0) is 17.6. The van der Waals surface area contributed by atoms with Crippen molar-refractivity contribution in [1.29, 1.82) is 0 Å². The van der Waals surface area contributed by atoms with Gasteiger partial charge in [0.05, 0.1) is 7.11 Å². The molecule has 2 aromatic carbocycles. The molecule has 1 N–H and O–H groups in total. The fourth-order valence-corrected chi connectivity index (χ4v) is 3.02. The summed E-state index contributed by atoms with van der Waals surface area (Å²) in [6.07, 6.45) is 1.93. The molecular weight excluding hydrogens is 314 g/mol. The summed E-state index contributed by atoms with van der Waals surface area (Å²) >= 11 is 0. The Morgan fingerprint density at radius 2 is 1.84 bits per heavy atom. The van der Waals surface area contributed by atoms with Gasteiger partial charge in [0.1, 0.15) is 24.2 Å². The number of rotatable bonds is 9. The van der Waals surface area contributed by atoms with E-state index < -0.39 is 6.10 Å². The highest BCUT2D eigenvalue weighted by molar-refractivity contribution is 5.31. The Balaban J connectivity index is 1.51. The van der Waals surface area contributed by atoms with Crippen LogP contribution in [0.25, 0.3) is 0 Å². The number of nitrogens with zero attached hydrogens (tertiary/aromatic N) is 1. The highest BCUT2D eigenvalue weighted by atomic mass is 16.5. The lowest BCUT2D eigenvalue weighted by molar-refractivity contribution is 0.0626. The molecule has 4 nitrogen and oxygen atoms in total. The lowest BCUT2D eigenvalue weighted by Crippen LogP contribution is -2.36. The fraction of sp³-hybridized carbons (Fsp3) is 0.429. The van der Waals surface area contributed by atoms with Crippen molar-refractivity contribution >= 4 is 0 Å². The van der Waals surface area contributed by atoms with Crippen LogP contribution in [0.5, 0.6) is 11.5 Å². The Labute approximate surface area is 150 Å². The molecule has 0 amide bonds. The van der Waals surface area contributed by atoms with Gasteiger partial charge in [-0.1, -0.05) is 29.8 Å². The lowest BCUT2D eigenvalue weighted by atomic mass is 10.1. The standard InChI is InChI=1S/C21H27NO3/c1-16-4-3-5-17(12-16)13-22(18-6-7-18)14-19(23)15-25-21-10-8-20(24-2)9-11-21/h3-5,8-12,18-19,23H,6-7,13-15H2,1-2H3/t19-/m0/s1. The molecule has 0 unspecified atom stereocenters. The Morgan fingerprint density at radius 1 is 1.12 bits per heavy atom. The van der Waals surface area contributed by atoms with Crippen molar-refractivity contribution in [2.75, 3.05) is 20.3 Å². The summed E-state index contributed by atoms with van der Waals surface area (Å²) in [4.78, 5) is 2.37. The van der Waals surface area contributed by atoms with Crippen LogP contribution in [0.15, 0.2) is 48.5 Å². The maximum absolute atomic E-state index is 10.4. The number of ether oxygens (including phenoxy) is 2. The number of methoxy groups -OCH3 is 1. The van der Waals surface area contributed by atoms with Crippen molar-refractivity contribution in [3.05, 3.63) is 59.7 Å². The average Bonchev–Trinajstić information content (AvgIpc) is 3.45. The number of hydrogen-bond acceptors (Lipinski definition) is 4. The molecule has 1 aliphatic rings. The third-order valence-corrected chi connectivity index (χ3v) is 4.48. The van der Waals surface area contributed by atoms with Crippen LogP contribution in [0.1, 0.15) is 24.0 Å². The molecule has 0 aromatic heterocycles. The van der Waals surface area contributed by atoms with E-state index in [-0.39, 0.29) is 0 Å². The van der Waals surface area contributed by atoms with Gasteiger partial charge in [-0.2, -0.15) is 0 Å². The van der Waals surface area contributed by atoms with Gasteiger partial charge in [0.15, 0.2) is 0 Å². The minimum absolute atomic E-state index is 0.295. The molecule has 0 radical (unpaired) electrons. The van der Waals surface area contributed by atoms with Crippen LogP contribution in [0.2, 0.25) is 0 Å². The van der Waals surface area contributed by atoms with Gasteiger partial charge in [-0.15, -0.1) is 0 Å². The van der Waals surface area contributed by atoms with Gasteiger partial charge in [-0.3, -0.25) is 4.90 Å². The maximum Gasteiger partial charge on any atom is 0.119 e. The van der Waals surface area contributed by atoms with Crippen LogP contribution in [0, 0.1) is 6.92 Å². The van der Waals surface area contributed by atoms with Gasteiger partial charge < -0.3 is 14.6 Å². The second-order valence-electron chi connectivity index (χ2n) is 6.79. The first-order valence-electron chi connectivity index (χ1n) is 8.88. The summed E-state index contributed by atoms with van der Waals surface area (Å²) in [5.74, 6) is 1.54. The van der Waals surface area contributed by atoms with Crippen LogP contribution < -0.4 is 9.47 Å². The zero-order valence-corrected chi connectivity index (χ0v) is 15.0. The van der Waals surface area contributed by atoms with Crippen LogP contribution in [-0.4, -0.2) is 42.4 Å². The topological polar surface area (TPSA) is 41.9 Å².